The van der Waals surface area contributed by atoms with Crippen LogP contribution in [0.25, 0.3) is 0 Å². The first-order chi connectivity index (χ1) is 5.25. The largest absolute Gasteiger partial charge is 0.480 e. The quantitative estimate of drug-likeness (QED) is 0.610. The van der Waals surface area contributed by atoms with Crippen LogP contribution in [-0.2, 0) is 4.79 Å². The molecule has 0 spiro atoms. The number of carboxylic acids is 1. The van der Waals surface area contributed by atoms with Gasteiger partial charge in [-0.15, -0.1) is 6.58 Å². The minimum absolute atomic E-state index is 0.475. The Bertz CT molecular complexity index is 161. The Labute approximate surface area is 66.3 Å². The van der Waals surface area contributed by atoms with Gasteiger partial charge in [0.05, 0.1) is 0 Å². The van der Waals surface area contributed by atoms with Crippen molar-refractivity contribution in [1.29, 1.82) is 0 Å². The molecule has 0 bridgehead atoms. The number of aliphatic carboxylic acids is 1. The second-order valence-electron chi connectivity index (χ2n) is 2.76. The summed E-state index contributed by atoms with van der Waals surface area (Å²) < 4.78 is 0. The van der Waals surface area contributed by atoms with Crippen molar-refractivity contribution in [3.8, 4) is 0 Å². The molecule has 1 unspecified atom stereocenters. The van der Waals surface area contributed by atoms with Crippen molar-refractivity contribution in [3.05, 3.63) is 12.7 Å². The Hall–Kier alpha value is -0.830. The molecule has 0 amide bonds. The van der Waals surface area contributed by atoms with Crippen LogP contribution in [0.1, 0.15) is 12.8 Å². The second-order valence-corrected chi connectivity index (χ2v) is 2.76. The van der Waals surface area contributed by atoms with Crippen LogP contribution < -0.4 is 0 Å². The Kier molecular flexibility index (Phi) is 2.65. The molecule has 1 heterocycles. The molecule has 1 aliphatic rings. The smallest absolute Gasteiger partial charge is 0.324 e. The van der Waals surface area contributed by atoms with Gasteiger partial charge in [0.25, 0.3) is 0 Å². The van der Waals surface area contributed by atoms with E-state index in [1.807, 2.05) is 4.90 Å². The maximum absolute atomic E-state index is 10.6. The first-order valence-corrected chi connectivity index (χ1v) is 3.85. The van der Waals surface area contributed by atoms with Gasteiger partial charge in [0.2, 0.25) is 0 Å². The van der Waals surface area contributed by atoms with E-state index in [1.165, 1.54) is 6.08 Å². The van der Waals surface area contributed by atoms with E-state index in [9.17, 15) is 4.79 Å². The highest BCUT2D eigenvalue weighted by Gasteiger charge is 2.24. The maximum Gasteiger partial charge on any atom is 0.324 e. The summed E-state index contributed by atoms with van der Waals surface area (Å²) in [6.45, 7) is 5.29. The summed E-state index contributed by atoms with van der Waals surface area (Å²) in [5, 5.41) is 8.72. The maximum atomic E-state index is 10.6. The molecule has 1 atom stereocenters. The van der Waals surface area contributed by atoms with Crippen LogP contribution in [0.5, 0.6) is 0 Å². The van der Waals surface area contributed by atoms with Gasteiger partial charge in [-0.25, -0.2) is 0 Å². The molecule has 1 aliphatic heterocycles. The zero-order valence-corrected chi connectivity index (χ0v) is 6.49. The van der Waals surface area contributed by atoms with Gasteiger partial charge in [-0.05, 0) is 25.9 Å². The normalized spacial score (nSPS) is 21.5. The number of rotatable bonds is 3. The van der Waals surface area contributed by atoms with E-state index >= 15 is 0 Å². The third-order valence-corrected chi connectivity index (χ3v) is 2.01. The van der Waals surface area contributed by atoms with Crippen molar-refractivity contribution in [2.24, 2.45) is 0 Å². The topological polar surface area (TPSA) is 40.5 Å². The molecule has 0 saturated carbocycles. The molecule has 3 heteroatoms. The summed E-state index contributed by atoms with van der Waals surface area (Å²) in [5.74, 6) is -0.790. The molecule has 11 heavy (non-hydrogen) atoms. The van der Waals surface area contributed by atoms with Crippen LogP contribution >= 0.6 is 0 Å². The minimum Gasteiger partial charge on any atom is -0.480 e. The molecule has 0 aromatic heterocycles. The van der Waals surface area contributed by atoms with Gasteiger partial charge in [0.15, 0.2) is 0 Å². The van der Waals surface area contributed by atoms with Gasteiger partial charge in [-0.3, -0.25) is 9.69 Å². The number of likely N-dealkylation sites (tertiary alicyclic amines) is 1. The Morgan fingerprint density at radius 1 is 1.55 bits per heavy atom. The van der Waals surface area contributed by atoms with Gasteiger partial charge in [-0.2, -0.15) is 0 Å². The number of hydrogen-bond donors (Lipinski definition) is 1. The summed E-state index contributed by atoms with van der Waals surface area (Å²) in [6, 6.07) is -0.475. The van der Waals surface area contributed by atoms with Gasteiger partial charge < -0.3 is 5.11 Å². The zero-order valence-electron chi connectivity index (χ0n) is 6.49. The second kappa shape index (κ2) is 3.53. The van der Waals surface area contributed by atoms with Crippen LogP contribution in [0.3, 0.4) is 0 Å². The van der Waals surface area contributed by atoms with Crippen LogP contribution in [0, 0.1) is 0 Å². The molecule has 1 rings (SSSR count). The predicted molar refractivity (Wildman–Crippen MR) is 42.4 cm³/mol. The molecule has 1 saturated heterocycles. The Morgan fingerprint density at radius 3 is 2.45 bits per heavy atom. The lowest BCUT2D eigenvalue weighted by Crippen LogP contribution is -2.37. The van der Waals surface area contributed by atoms with Gasteiger partial charge >= 0.3 is 5.97 Å². The number of nitrogens with zero attached hydrogens (tertiary/aromatic N) is 1. The molecule has 62 valence electrons. The van der Waals surface area contributed by atoms with Crippen LogP contribution in [-0.4, -0.2) is 35.1 Å². The third-order valence-electron chi connectivity index (χ3n) is 2.01. The van der Waals surface area contributed by atoms with Crippen molar-refractivity contribution in [2.75, 3.05) is 13.1 Å². The highest BCUT2D eigenvalue weighted by Crippen LogP contribution is 2.12. The highest BCUT2D eigenvalue weighted by molar-refractivity contribution is 5.75. The molecule has 0 aliphatic carbocycles. The Balaban J connectivity index is 2.53. The molecule has 1 N–H and O–H groups in total. The molecule has 0 radical (unpaired) electrons. The molecule has 1 fully saturated rings. The van der Waals surface area contributed by atoms with E-state index in [0.29, 0.717) is 0 Å². The molecule has 3 nitrogen and oxygen atoms in total. The summed E-state index contributed by atoms with van der Waals surface area (Å²) >= 11 is 0. The van der Waals surface area contributed by atoms with E-state index in [1.54, 1.807) is 0 Å². The monoisotopic (exact) mass is 155 g/mol. The highest BCUT2D eigenvalue weighted by atomic mass is 16.4. The SMILES string of the molecule is C=CC(C(=O)O)N1CCCC1. The molecule has 0 aromatic rings. The van der Waals surface area contributed by atoms with Crippen molar-refractivity contribution in [3.63, 3.8) is 0 Å². The fraction of sp³-hybridized carbons (Fsp3) is 0.625. The summed E-state index contributed by atoms with van der Waals surface area (Å²) in [7, 11) is 0. The fourth-order valence-electron chi connectivity index (χ4n) is 1.43. The summed E-state index contributed by atoms with van der Waals surface area (Å²) in [5.41, 5.74) is 0. The fourth-order valence-corrected chi connectivity index (χ4v) is 1.43. The molecular formula is C8H13NO2. The van der Waals surface area contributed by atoms with Crippen LogP contribution in [0.2, 0.25) is 0 Å². The minimum atomic E-state index is -0.790. The standard InChI is InChI=1S/C8H13NO2/c1-2-7(8(10)11)9-5-3-4-6-9/h2,7H,1,3-6H2,(H,10,11). The van der Waals surface area contributed by atoms with Gasteiger partial charge in [0, 0.05) is 0 Å². The van der Waals surface area contributed by atoms with E-state index in [4.69, 9.17) is 5.11 Å². The lowest BCUT2D eigenvalue weighted by Gasteiger charge is -2.19. The summed E-state index contributed by atoms with van der Waals surface area (Å²) in [6.07, 6.45) is 3.71. The lowest BCUT2D eigenvalue weighted by atomic mass is 10.2. The number of carbonyl (C=O) groups is 1. The van der Waals surface area contributed by atoms with E-state index in [-0.39, 0.29) is 0 Å². The van der Waals surface area contributed by atoms with E-state index in [0.717, 1.165) is 25.9 Å². The van der Waals surface area contributed by atoms with Crippen molar-refractivity contribution in [1.82, 2.24) is 4.90 Å². The van der Waals surface area contributed by atoms with Crippen LogP contribution in [0.4, 0.5) is 0 Å². The van der Waals surface area contributed by atoms with E-state index in [2.05, 4.69) is 6.58 Å². The number of hydrogen-bond acceptors (Lipinski definition) is 2. The van der Waals surface area contributed by atoms with E-state index < -0.39 is 12.0 Å². The van der Waals surface area contributed by atoms with Gasteiger partial charge in [0.1, 0.15) is 6.04 Å². The van der Waals surface area contributed by atoms with Crippen LogP contribution in [0.15, 0.2) is 12.7 Å². The average Bonchev–Trinajstić information content (AvgIpc) is 2.40. The first-order valence-electron chi connectivity index (χ1n) is 3.85. The Morgan fingerprint density at radius 2 is 2.09 bits per heavy atom. The lowest BCUT2D eigenvalue weighted by molar-refractivity contribution is -0.141. The van der Waals surface area contributed by atoms with Crippen molar-refractivity contribution >= 4 is 5.97 Å². The van der Waals surface area contributed by atoms with Gasteiger partial charge in [-0.1, -0.05) is 6.08 Å². The first kappa shape index (κ1) is 8.27. The third kappa shape index (κ3) is 1.80. The number of carboxylic acid groups (broad SMARTS) is 1. The molecular weight excluding hydrogens is 142 g/mol. The average molecular weight is 155 g/mol. The van der Waals surface area contributed by atoms with Crippen molar-refractivity contribution < 1.29 is 9.90 Å². The summed E-state index contributed by atoms with van der Waals surface area (Å²) in [4.78, 5) is 12.5. The predicted octanol–water partition coefficient (Wildman–Crippen LogP) is 0.721. The molecule has 0 aromatic carbocycles. The zero-order chi connectivity index (χ0) is 8.27. The van der Waals surface area contributed by atoms with Crippen molar-refractivity contribution in [2.45, 2.75) is 18.9 Å².